The fraction of sp³-hybridized carbons (Fsp3) is 0.391. The predicted molar refractivity (Wildman–Crippen MR) is 111 cm³/mol. The third kappa shape index (κ3) is 2.46. The second-order valence-electron chi connectivity index (χ2n) is 7.81. The minimum absolute atomic E-state index is 0.0710. The van der Waals surface area contributed by atoms with Gasteiger partial charge in [-0.1, -0.05) is 0 Å². The maximum absolute atomic E-state index is 12.9. The van der Waals surface area contributed by atoms with Crippen LogP contribution in [-0.2, 0) is 21.8 Å². The Morgan fingerprint density at radius 1 is 1.00 bits per heavy atom. The minimum atomic E-state index is -0.978. The lowest BCUT2D eigenvalue weighted by Crippen LogP contribution is -2.30. The molecule has 1 aromatic carbocycles. The molecule has 5 heteroatoms. The van der Waals surface area contributed by atoms with Gasteiger partial charge in [0.15, 0.2) is 5.79 Å². The Bertz CT molecular complexity index is 1190. The van der Waals surface area contributed by atoms with Crippen molar-refractivity contribution < 1.29 is 9.47 Å². The summed E-state index contributed by atoms with van der Waals surface area (Å²) < 4.78 is 12.8. The number of aromatic nitrogens is 2. The molecule has 0 saturated carbocycles. The summed E-state index contributed by atoms with van der Waals surface area (Å²) in [5, 5.41) is 1.20. The Hall–Kier alpha value is -2.50. The topological polar surface area (TPSA) is 53.4 Å². The second-order valence-corrected chi connectivity index (χ2v) is 7.81. The summed E-state index contributed by atoms with van der Waals surface area (Å²) in [7, 11) is 3.15. The normalized spacial score (nSPS) is 13.1. The van der Waals surface area contributed by atoms with Crippen LogP contribution in [0.1, 0.15) is 40.3 Å². The van der Waals surface area contributed by atoms with Crippen LogP contribution in [0.25, 0.3) is 22.3 Å². The zero-order chi connectivity index (χ0) is 20.4. The number of nitrogens with zero attached hydrogens (tertiary/aromatic N) is 2. The highest BCUT2D eigenvalue weighted by molar-refractivity contribution is 5.91. The number of fused-ring (bicyclic) bond motifs is 4. The van der Waals surface area contributed by atoms with E-state index in [1.165, 1.54) is 27.6 Å². The summed E-state index contributed by atoms with van der Waals surface area (Å²) in [6.45, 7) is 10.9. The molecule has 0 saturated heterocycles. The summed E-state index contributed by atoms with van der Waals surface area (Å²) in [5.41, 5.74) is 9.39. The van der Waals surface area contributed by atoms with Crippen molar-refractivity contribution in [2.45, 2.75) is 47.0 Å². The summed E-state index contributed by atoms with van der Waals surface area (Å²) in [4.78, 5) is 17.9. The summed E-state index contributed by atoms with van der Waals surface area (Å²) in [6.07, 6.45) is 0. The Labute approximate surface area is 164 Å². The van der Waals surface area contributed by atoms with E-state index in [1.807, 2.05) is 13.0 Å². The van der Waals surface area contributed by atoms with Crippen LogP contribution in [-0.4, -0.2) is 23.8 Å². The molecule has 0 aliphatic carbocycles. The van der Waals surface area contributed by atoms with E-state index in [1.54, 1.807) is 24.9 Å². The first-order valence-corrected chi connectivity index (χ1v) is 9.48. The number of hydrogen-bond donors (Lipinski definition) is 0. The molecule has 0 spiro atoms. The van der Waals surface area contributed by atoms with Crippen molar-refractivity contribution in [2.24, 2.45) is 0 Å². The Balaban J connectivity index is 2.04. The minimum Gasteiger partial charge on any atom is -0.349 e. The van der Waals surface area contributed by atoms with Crippen LogP contribution in [0.5, 0.6) is 0 Å². The molecule has 28 heavy (non-hydrogen) atoms. The molecule has 0 N–H and O–H groups in total. The number of rotatable bonds is 3. The highest BCUT2D eigenvalue weighted by Crippen LogP contribution is 2.38. The van der Waals surface area contributed by atoms with Crippen molar-refractivity contribution in [3.05, 3.63) is 61.9 Å². The van der Waals surface area contributed by atoms with Crippen molar-refractivity contribution in [2.75, 3.05) is 14.2 Å². The second kappa shape index (κ2) is 6.26. The largest absolute Gasteiger partial charge is 0.349 e. The first-order valence-electron chi connectivity index (χ1n) is 9.48. The Morgan fingerprint density at radius 2 is 1.68 bits per heavy atom. The van der Waals surface area contributed by atoms with Gasteiger partial charge in [0.2, 0.25) is 0 Å². The van der Waals surface area contributed by atoms with Crippen molar-refractivity contribution in [3.63, 3.8) is 0 Å². The van der Waals surface area contributed by atoms with E-state index >= 15 is 0 Å². The van der Waals surface area contributed by atoms with Gasteiger partial charge in [0.1, 0.15) is 0 Å². The van der Waals surface area contributed by atoms with Crippen LogP contribution in [0.3, 0.4) is 0 Å². The third-order valence-electron chi connectivity index (χ3n) is 6.47. The molecular formula is C23H26N2O3. The van der Waals surface area contributed by atoms with Crippen LogP contribution in [0.4, 0.5) is 0 Å². The van der Waals surface area contributed by atoms with Crippen molar-refractivity contribution >= 4 is 10.9 Å². The van der Waals surface area contributed by atoms with Gasteiger partial charge in [-0.2, -0.15) is 0 Å². The molecule has 1 aliphatic heterocycles. The van der Waals surface area contributed by atoms with Gasteiger partial charge < -0.3 is 14.0 Å². The highest BCUT2D eigenvalue weighted by atomic mass is 16.7. The van der Waals surface area contributed by atoms with E-state index in [2.05, 4.69) is 33.8 Å². The van der Waals surface area contributed by atoms with Crippen LogP contribution in [0.15, 0.2) is 23.0 Å². The van der Waals surface area contributed by atoms with Gasteiger partial charge in [-0.15, -0.1) is 0 Å². The number of ether oxygens (including phenoxy) is 2. The average Bonchev–Trinajstić information content (AvgIpc) is 3.05. The molecule has 0 bridgehead atoms. The summed E-state index contributed by atoms with van der Waals surface area (Å²) in [6, 6.07) is 5.70. The van der Waals surface area contributed by atoms with Crippen molar-refractivity contribution in [1.29, 1.82) is 0 Å². The molecule has 0 unspecified atom stereocenters. The van der Waals surface area contributed by atoms with Gasteiger partial charge in [-0.05, 0) is 69.0 Å². The lowest BCUT2D eigenvalue weighted by Gasteiger charge is -2.27. The SMILES string of the molecule is COC(C)(OC)c1cc2n(c(=O)c1)Cc1c-2nc2cc(C)c(C)c(C)c2c1C. The molecule has 0 amide bonds. The summed E-state index contributed by atoms with van der Waals surface area (Å²) in [5.74, 6) is -0.978. The standard InChI is InChI=1S/C23H26N2O3/c1-12-8-18-21(14(3)13(12)2)15(4)17-11-25-19(22(17)24-18)9-16(10-20(25)26)23(5,27-6)28-7/h8-10H,11H2,1-7H3. The van der Waals surface area contributed by atoms with Crippen LogP contribution in [0.2, 0.25) is 0 Å². The van der Waals surface area contributed by atoms with Crippen LogP contribution >= 0.6 is 0 Å². The lowest BCUT2D eigenvalue weighted by atomic mass is 9.93. The molecule has 5 nitrogen and oxygen atoms in total. The average molecular weight is 378 g/mol. The van der Waals surface area contributed by atoms with E-state index in [4.69, 9.17) is 14.5 Å². The van der Waals surface area contributed by atoms with Gasteiger partial charge in [-0.3, -0.25) is 4.79 Å². The maximum Gasteiger partial charge on any atom is 0.251 e. The van der Waals surface area contributed by atoms with Gasteiger partial charge in [0.25, 0.3) is 5.56 Å². The molecule has 4 rings (SSSR count). The van der Waals surface area contributed by atoms with E-state index in [0.717, 1.165) is 22.5 Å². The molecular weight excluding hydrogens is 352 g/mol. The van der Waals surface area contributed by atoms with Gasteiger partial charge in [0, 0.05) is 36.8 Å². The number of benzene rings is 1. The smallest absolute Gasteiger partial charge is 0.251 e. The lowest BCUT2D eigenvalue weighted by molar-refractivity contribution is -0.201. The first kappa shape index (κ1) is 18.8. The number of pyridine rings is 2. The number of hydrogen-bond acceptors (Lipinski definition) is 4. The molecule has 0 atom stereocenters. The fourth-order valence-electron chi connectivity index (χ4n) is 4.24. The zero-order valence-corrected chi connectivity index (χ0v) is 17.6. The highest BCUT2D eigenvalue weighted by Gasteiger charge is 2.31. The number of aryl methyl sites for hydroxylation is 3. The number of methoxy groups -OCH3 is 2. The molecule has 1 aliphatic rings. The first-order chi connectivity index (χ1) is 13.2. The quantitative estimate of drug-likeness (QED) is 0.503. The molecule has 3 heterocycles. The van der Waals surface area contributed by atoms with Crippen molar-refractivity contribution in [3.8, 4) is 11.4 Å². The third-order valence-corrected chi connectivity index (χ3v) is 6.47. The van der Waals surface area contributed by atoms with Gasteiger partial charge in [-0.25, -0.2) is 4.98 Å². The van der Waals surface area contributed by atoms with Gasteiger partial charge >= 0.3 is 0 Å². The van der Waals surface area contributed by atoms with E-state index < -0.39 is 5.79 Å². The molecule has 146 valence electrons. The predicted octanol–water partition coefficient (Wildman–Crippen LogP) is 4.12. The monoisotopic (exact) mass is 378 g/mol. The van der Waals surface area contributed by atoms with Crippen LogP contribution < -0.4 is 5.56 Å². The summed E-state index contributed by atoms with van der Waals surface area (Å²) >= 11 is 0. The van der Waals surface area contributed by atoms with Crippen LogP contribution in [0, 0.1) is 27.7 Å². The fourth-order valence-corrected chi connectivity index (χ4v) is 4.24. The molecule has 2 aromatic heterocycles. The zero-order valence-electron chi connectivity index (χ0n) is 17.6. The van der Waals surface area contributed by atoms with E-state index in [-0.39, 0.29) is 5.56 Å². The molecule has 0 radical (unpaired) electrons. The Morgan fingerprint density at radius 3 is 2.32 bits per heavy atom. The molecule has 3 aromatic rings. The van der Waals surface area contributed by atoms with Gasteiger partial charge in [0.05, 0.1) is 23.4 Å². The van der Waals surface area contributed by atoms with E-state index in [9.17, 15) is 4.79 Å². The molecule has 0 fully saturated rings. The van der Waals surface area contributed by atoms with E-state index in [0.29, 0.717) is 12.1 Å². The maximum atomic E-state index is 12.9. The Kier molecular flexibility index (Phi) is 4.21. The van der Waals surface area contributed by atoms with Crippen molar-refractivity contribution in [1.82, 2.24) is 9.55 Å².